The topological polar surface area (TPSA) is 173 Å². The van der Waals surface area contributed by atoms with E-state index in [1.165, 1.54) is 43.6 Å². The zero-order valence-electron chi connectivity index (χ0n) is 78.8. The number of ketones is 2. The maximum absolute atomic E-state index is 12.3. The van der Waals surface area contributed by atoms with Crippen LogP contribution in [0.5, 0.6) is 0 Å². The predicted octanol–water partition coefficient (Wildman–Crippen LogP) is 23.0. The highest BCUT2D eigenvalue weighted by Crippen LogP contribution is 2.34. The Hall–Kier alpha value is -11.2. The van der Waals surface area contributed by atoms with Gasteiger partial charge in [0.25, 0.3) is 0 Å². The second-order valence-electron chi connectivity index (χ2n) is 28.3. The molecule has 11 aromatic carbocycles. The van der Waals surface area contributed by atoms with Gasteiger partial charge in [0.1, 0.15) is 0 Å². The van der Waals surface area contributed by atoms with Crippen molar-refractivity contribution in [3.05, 3.63) is 333 Å². The van der Waals surface area contributed by atoms with Crippen LogP contribution in [0.3, 0.4) is 0 Å². The van der Waals surface area contributed by atoms with Gasteiger partial charge in [-0.1, -0.05) is 248 Å². The summed E-state index contributed by atoms with van der Waals surface area (Å²) in [6, 6.07) is 81.6. The summed E-state index contributed by atoms with van der Waals surface area (Å²) in [6.45, 7) is 36.3. The van der Waals surface area contributed by atoms with Gasteiger partial charge in [-0.05, 0) is 276 Å². The monoisotopic (exact) mass is 1860 g/mol. The third-order valence-electron chi connectivity index (χ3n) is 19.1. The number of rotatable bonds is 38. The van der Waals surface area contributed by atoms with Crippen molar-refractivity contribution in [3.63, 3.8) is 0 Å². The fraction of sp³-hybridized carbons (Fsp3) is 0.273. The molecule has 1 aliphatic carbocycles. The number of allylic oxidation sites excluding steroid dienone is 2. The molecule has 22 heteroatoms. The van der Waals surface area contributed by atoms with Crippen molar-refractivity contribution in [1.82, 2.24) is 0 Å². The summed E-state index contributed by atoms with van der Waals surface area (Å²) >= 11 is 0. The van der Waals surface area contributed by atoms with E-state index in [1.54, 1.807) is 42.5 Å². The lowest BCUT2D eigenvalue weighted by Crippen LogP contribution is -2.45. The summed E-state index contributed by atoms with van der Waals surface area (Å²) in [5.41, 5.74) is 28.1. The standard InChI is InChI=1S/2C23H26O4Si.C22H24O3Si.C22H26O3Si.C20H22O3Si/c1-4-25-28(26-5-2,27-6-3)19-18-21-12-15-22(16-13-21)23(24)17-14-20-10-8-7-9-11-20;1-4-25-28(26-5-2,27-6-3)19-18-21-14-12-20(13-15-21)16-17-23(24)22-10-8-7-9-11-22;1-4-23-26(24-5-2,25-6-3)16-15-18-11-14-22-20(17-18)13-12-19-9-7-8-10-21(19)22;1-4-23-26(24-5-2,25-6-3)19-18-22-16-14-21(15-17-22)13-12-20-10-8-7-9-11-20;1-4-21-24(22-5-2,23-6-3)15-14-16-10-11-18-13-12-17-8-7-9-19(16)20(17)18/h2*7-17H,4-6H2,1-3H3;7-14,17H,4-6H2,1-3H3;7-17H,4-6H2,1-3H3;7-13H,4-6H2,1-3H3/b17-14+;17-16+;;13-12+;. The fourth-order valence-corrected chi connectivity index (χ4v) is 22.9. The molecule has 0 fully saturated rings. The first-order chi connectivity index (χ1) is 64.4. The molecule has 0 aliphatic heterocycles. The highest BCUT2D eigenvalue weighted by atomic mass is 28.4. The van der Waals surface area contributed by atoms with E-state index in [4.69, 9.17) is 66.4 Å². The van der Waals surface area contributed by atoms with Crippen LogP contribution in [0.2, 0.25) is 0 Å². The van der Waals surface area contributed by atoms with Gasteiger partial charge in [0.2, 0.25) is 0 Å². The van der Waals surface area contributed by atoms with Crippen LogP contribution in [0.25, 0.3) is 68.8 Å². The van der Waals surface area contributed by atoms with Gasteiger partial charge in [-0.25, -0.2) is 0 Å². The van der Waals surface area contributed by atoms with Gasteiger partial charge in [0.15, 0.2) is 11.6 Å². The molecule has 132 heavy (non-hydrogen) atoms. The molecule has 0 unspecified atom stereocenters. The molecule has 0 saturated heterocycles. The smallest absolute Gasteiger partial charge is 0.364 e. The third kappa shape index (κ3) is 33.8. The summed E-state index contributed by atoms with van der Waals surface area (Å²) in [7, 11) is -14.8. The number of benzene rings is 11. The van der Waals surface area contributed by atoms with Gasteiger partial charge in [-0.2, -0.15) is 0 Å². The second kappa shape index (κ2) is 57.9. The molecule has 0 N–H and O–H groups in total. The molecule has 0 heterocycles. The van der Waals surface area contributed by atoms with E-state index in [2.05, 4.69) is 185 Å². The van der Waals surface area contributed by atoms with Gasteiger partial charge in [0.05, 0.1) is 0 Å². The zero-order valence-corrected chi connectivity index (χ0v) is 83.8. The molecule has 0 spiro atoms. The lowest BCUT2D eigenvalue weighted by molar-refractivity contribution is 0.0862. The van der Waals surface area contributed by atoms with Crippen molar-refractivity contribution in [2.24, 2.45) is 0 Å². The highest BCUT2D eigenvalue weighted by molar-refractivity contribution is 6.71. The number of carbonyl (C=O) groups is 2. The van der Waals surface area contributed by atoms with Crippen LogP contribution in [0.1, 0.15) is 186 Å². The largest absolute Gasteiger partial charge is 0.591 e. The Balaban J connectivity index is 0.000000203. The molecule has 1 aliphatic rings. The van der Waals surface area contributed by atoms with Gasteiger partial charge in [0, 0.05) is 138 Å². The van der Waals surface area contributed by atoms with Crippen LogP contribution < -0.4 is 0 Å². The number of fused-ring (bicyclic) bond motifs is 3. The van der Waals surface area contributed by atoms with Crippen LogP contribution in [-0.2, 0) is 66.4 Å². The molecule has 0 bridgehead atoms. The Bertz CT molecular complexity index is 5770. The minimum Gasteiger partial charge on any atom is -0.364 e. The van der Waals surface area contributed by atoms with E-state index in [9.17, 15) is 9.59 Å². The van der Waals surface area contributed by atoms with Crippen molar-refractivity contribution in [1.29, 1.82) is 0 Å². The third-order valence-corrected chi connectivity index (χ3v) is 31.3. The molecule has 686 valence electrons. The van der Waals surface area contributed by atoms with Gasteiger partial charge in [-0.3, -0.25) is 9.59 Å². The summed E-state index contributed by atoms with van der Waals surface area (Å²) in [6.07, 6.45) is 15.2. The molecule has 0 saturated carbocycles. The maximum Gasteiger partial charge on any atom is 0.591 e. The van der Waals surface area contributed by atoms with E-state index in [1.807, 2.05) is 231 Å². The summed E-state index contributed by atoms with van der Waals surface area (Å²) < 4.78 is 86.5. The van der Waals surface area contributed by atoms with Crippen LogP contribution in [0.4, 0.5) is 0 Å². The Morgan fingerprint density at radius 3 is 0.924 bits per heavy atom. The average Bonchev–Trinajstić information content (AvgIpc) is 1.56. The van der Waals surface area contributed by atoms with Crippen molar-refractivity contribution in [2.45, 2.75) is 104 Å². The van der Waals surface area contributed by atoms with E-state index in [0.29, 0.717) is 110 Å². The molecule has 0 atom stereocenters. The summed E-state index contributed by atoms with van der Waals surface area (Å²) in [4.78, 5) is 24.5. The molecule has 11 aromatic rings. The minimum absolute atomic E-state index is 0.0228. The van der Waals surface area contributed by atoms with Crippen LogP contribution in [0.15, 0.2) is 261 Å². The van der Waals surface area contributed by atoms with Crippen LogP contribution in [0, 0.1) is 57.3 Å². The molecule has 0 amide bonds. The first-order valence-corrected chi connectivity index (χ1v) is 54.0. The van der Waals surface area contributed by atoms with Crippen molar-refractivity contribution in [2.75, 3.05) is 99.1 Å². The van der Waals surface area contributed by atoms with E-state index < -0.39 is 44.0 Å². The van der Waals surface area contributed by atoms with Crippen molar-refractivity contribution >= 4 is 124 Å². The summed E-state index contributed by atoms with van der Waals surface area (Å²) in [5.74, 6) is 15.7. The Morgan fingerprint density at radius 1 is 0.242 bits per heavy atom. The molecular weight excluding hydrogens is 1730 g/mol. The first-order valence-electron chi connectivity index (χ1n) is 45.4. The van der Waals surface area contributed by atoms with Crippen LogP contribution in [-0.4, -0.2) is 155 Å². The van der Waals surface area contributed by atoms with Crippen molar-refractivity contribution < 1.29 is 76.0 Å². The molecule has 12 rings (SSSR count). The predicted molar refractivity (Wildman–Crippen MR) is 546 cm³/mol. The molecular formula is C110H124O17Si5. The van der Waals surface area contributed by atoms with E-state index in [0.717, 1.165) is 49.9 Å². The molecule has 17 nitrogen and oxygen atoms in total. The maximum atomic E-state index is 12.3. The zero-order chi connectivity index (χ0) is 94.6. The Morgan fingerprint density at radius 2 is 0.530 bits per heavy atom. The minimum atomic E-state index is -3.00. The van der Waals surface area contributed by atoms with Crippen LogP contribution >= 0.6 is 0 Å². The van der Waals surface area contributed by atoms with Crippen molar-refractivity contribution in [3.8, 4) is 57.3 Å². The number of hydrogen-bond acceptors (Lipinski definition) is 17. The number of hydrogen-bond donors (Lipinski definition) is 0. The van der Waals surface area contributed by atoms with Gasteiger partial charge >= 0.3 is 44.0 Å². The molecule has 0 radical (unpaired) electrons. The molecule has 0 aromatic heterocycles. The van der Waals surface area contributed by atoms with Gasteiger partial charge in [-0.15, -0.1) is 0 Å². The summed E-state index contributed by atoms with van der Waals surface area (Å²) in [5, 5.41) is 7.33. The normalized spacial score (nSPS) is 11.5. The quantitative estimate of drug-likeness (QED) is 0.00892. The lowest BCUT2D eigenvalue weighted by Gasteiger charge is -2.22. The Kier molecular flexibility index (Phi) is 46.6. The van der Waals surface area contributed by atoms with E-state index in [-0.39, 0.29) is 11.6 Å². The first kappa shape index (κ1) is 106. The number of carbonyl (C=O) groups excluding carboxylic acids is 2. The highest BCUT2D eigenvalue weighted by Gasteiger charge is 2.43. The Labute approximate surface area is 788 Å². The van der Waals surface area contributed by atoms with Gasteiger partial charge < -0.3 is 66.4 Å². The second-order valence-corrected chi connectivity index (χ2v) is 39.4. The van der Waals surface area contributed by atoms with E-state index >= 15 is 0 Å². The fourth-order valence-electron chi connectivity index (χ4n) is 13.4. The SMILES string of the molecule is CCO[Si](C#Cc1ccc(/C=C/C(=O)c2ccccc2)cc1)(OCC)OCC.CCO[Si](C#Cc1ccc(/C=C/c2ccccc2)cc1)(OCC)OCC.CCO[Si](C#Cc1ccc(C(=O)/C=C/c2ccccc2)cc1)(OCC)OCC.CCO[Si](C#Cc1ccc2c(ccc3ccccc32)c1)(OCC)OCC.CCO[Si](C#Cc1ccc2c3c(cccc13)C=C2)(OCC)OCC. The lowest BCUT2D eigenvalue weighted by atomic mass is 10.00. The average molecular weight is 1860 g/mol.